The van der Waals surface area contributed by atoms with Crippen molar-refractivity contribution in [1.29, 1.82) is 0 Å². The second-order valence-corrected chi connectivity index (χ2v) is 5.38. The molecule has 0 saturated carbocycles. The van der Waals surface area contributed by atoms with Crippen LogP contribution in [0.2, 0.25) is 0 Å². The Bertz CT molecular complexity index is 245. The predicted molar refractivity (Wildman–Crippen MR) is 69.0 cm³/mol. The highest BCUT2D eigenvalue weighted by Crippen LogP contribution is 2.08. The van der Waals surface area contributed by atoms with Gasteiger partial charge in [0.05, 0.1) is 6.54 Å². The van der Waals surface area contributed by atoms with E-state index in [4.69, 9.17) is 0 Å². The largest absolute Gasteiger partial charge is 0.342 e. The van der Waals surface area contributed by atoms with E-state index in [1.807, 2.05) is 4.90 Å². The van der Waals surface area contributed by atoms with Crippen LogP contribution in [-0.2, 0) is 4.79 Å². The monoisotopic (exact) mass is 239 g/mol. The molecule has 2 fully saturated rings. The van der Waals surface area contributed by atoms with Crippen molar-refractivity contribution in [3.05, 3.63) is 0 Å². The highest BCUT2D eigenvalue weighted by Gasteiger charge is 2.19. The highest BCUT2D eigenvalue weighted by atomic mass is 16.2. The lowest BCUT2D eigenvalue weighted by Crippen LogP contribution is -2.43. The Labute approximate surface area is 104 Å². The first-order valence-electron chi connectivity index (χ1n) is 6.99. The third-order valence-electron chi connectivity index (χ3n) is 3.79. The molecule has 0 aromatic rings. The molecule has 0 aromatic carbocycles. The molecule has 2 rings (SSSR count). The fourth-order valence-electron chi connectivity index (χ4n) is 2.76. The van der Waals surface area contributed by atoms with Gasteiger partial charge in [0.25, 0.3) is 0 Å². The molecule has 0 radical (unpaired) electrons. The Kier molecular flexibility index (Phi) is 4.80. The van der Waals surface area contributed by atoms with E-state index in [1.165, 1.54) is 38.8 Å². The third-order valence-corrected chi connectivity index (χ3v) is 3.79. The van der Waals surface area contributed by atoms with Crippen molar-refractivity contribution in [3.63, 3.8) is 0 Å². The van der Waals surface area contributed by atoms with E-state index in [-0.39, 0.29) is 5.91 Å². The Hall–Kier alpha value is -0.610. The van der Waals surface area contributed by atoms with Gasteiger partial charge in [-0.2, -0.15) is 0 Å². The molecule has 2 aliphatic heterocycles. The van der Waals surface area contributed by atoms with Crippen molar-refractivity contribution >= 4 is 5.91 Å². The van der Waals surface area contributed by atoms with Crippen LogP contribution in [0.1, 0.15) is 32.6 Å². The van der Waals surface area contributed by atoms with Crippen LogP contribution >= 0.6 is 0 Å². The van der Waals surface area contributed by atoms with Gasteiger partial charge in [0.2, 0.25) is 5.91 Å². The number of hydrogen-bond donors (Lipinski definition) is 1. The summed E-state index contributed by atoms with van der Waals surface area (Å²) in [6.07, 6.45) is 5.02. The van der Waals surface area contributed by atoms with Gasteiger partial charge in [-0.15, -0.1) is 0 Å². The lowest BCUT2D eigenvalue weighted by Gasteiger charge is -2.22. The van der Waals surface area contributed by atoms with Gasteiger partial charge in [-0.25, -0.2) is 0 Å². The number of likely N-dealkylation sites (tertiary alicyclic amines) is 2. The molecule has 4 nitrogen and oxygen atoms in total. The highest BCUT2D eigenvalue weighted by molar-refractivity contribution is 5.78. The van der Waals surface area contributed by atoms with Gasteiger partial charge < -0.3 is 15.1 Å². The normalized spacial score (nSPS) is 23.2. The molecular weight excluding hydrogens is 214 g/mol. The average molecular weight is 239 g/mol. The zero-order valence-corrected chi connectivity index (χ0v) is 11.0. The summed E-state index contributed by atoms with van der Waals surface area (Å²) in [4.78, 5) is 16.3. The van der Waals surface area contributed by atoms with Crippen LogP contribution in [0.4, 0.5) is 0 Å². The Balaban J connectivity index is 1.61. The summed E-state index contributed by atoms with van der Waals surface area (Å²) < 4.78 is 0. The number of carbonyl (C=O) groups excluding carboxylic acids is 1. The number of hydrogen-bond acceptors (Lipinski definition) is 3. The third kappa shape index (κ3) is 3.96. The fourth-order valence-corrected chi connectivity index (χ4v) is 2.76. The maximum atomic E-state index is 11.8. The number of nitrogens with one attached hydrogen (secondary N) is 1. The van der Waals surface area contributed by atoms with Crippen molar-refractivity contribution in [2.24, 2.45) is 0 Å². The maximum Gasteiger partial charge on any atom is 0.236 e. The molecule has 1 unspecified atom stereocenters. The van der Waals surface area contributed by atoms with Gasteiger partial charge in [-0.1, -0.05) is 0 Å². The summed E-state index contributed by atoms with van der Waals surface area (Å²) in [6, 6.07) is 0.416. The van der Waals surface area contributed by atoms with E-state index in [0.29, 0.717) is 12.6 Å². The molecule has 2 saturated heterocycles. The van der Waals surface area contributed by atoms with Crippen molar-refractivity contribution in [3.8, 4) is 0 Å². The first-order valence-corrected chi connectivity index (χ1v) is 6.99. The van der Waals surface area contributed by atoms with E-state index < -0.39 is 0 Å². The second-order valence-electron chi connectivity index (χ2n) is 5.38. The molecule has 2 aliphatic rings. The summed E-state index contributed by atoms with van der Waals surface area (Å²) in [6.45, 7) is 8.14. The van der Waals surface area contributed by atoms with E-state index >= 15 is 0 Å². The van der Waals surface area contributed by atoms with E-state index in [1.54, 1.807) is 0 Å². The Morgan fingerprint density at radius 3 is 2.35 bits per heavy atom. The molecule has 0 spiro atoms. The number of amides is 1. The first-order chi connectivity index (χ1) is 8.25. The van der Waals surface area contributed by atoms with Gasteiger partial charge >= 0.3 is 0 Å². The zero-order valence-electron chi connectivity index (χ0n) is 11.0. The summed E-state index contributed by atoms with van der Waals surface area (Å²) >= 11 is 0. The lowest BCUT2D eigenvalue weighted by molar-refractivity contribution is -0.129. The Morgan fingerprint density at radius 1 is 1.12 bits per heavy atom. The van der Waals surface area contributed by atoms with Gasteiger partial charge in [0.15, 0.2) is 0 Å². The standard InChI is InChI=1S/C13H25N3O/c1-12(11-15-6-2-3-7-15)14-10-13(17)16-8-4-5-9-16/h12,14H,2-11H2,1H3. The molecule has 2 heterocycles. The van der Waals surface area contributed by atoms with Gasteiger partial charge in [0, 0.05) is 25.7 Å². The van der Waals surface area contributed by atoms with E-state index in [9.17, 15) is 4.79 Å². The summed E-state index contributed by atoms with van der Waals surface area (Å²) in [7, 11) is 0. The molecule has 1 atom stereocenters. The SMILES string of the molecule is CC(CN1CCCC1)NCC(=O)N1CCCC1. The minimum absolute atomic E-state index is 0.274. The van der Waals surface area contributed by atoms with Crippen LogP contribution in [0.25, 0.3) is 0 Å². The molecule has 4 heteroatoms. The van der Waals surface area contributed by atoms with Crippen LogP contribution in [0.5, 0.6) is 0 Å². The minimum Gasteiger partial charge on any atom is -0.342 e. The van der Waals surface area contributed by atoms with Crippen molar-refractivity contribution in [2.45, 2.75) is 38.6 Å². The van der Waals surface area contributed by atoms with Crippen LogP contribution < -0.4 is 5.32 Å². The summed E-state index contributed by atoms with van der Waals surface area (Å²) in [5.41, 5.74) is 0. The van der Waals surface area contributed by atoms with Crippen molar-refractivity contribution in [1.82, 2.24) is 15.1 Å². The smallest absolute Gasteiger partial charge is 0.236 e. The van der Waals surface area contributed by atoms with Crippen molar-refractivity contribution in [2.75, 3.05) is 39.3 Å². The van der Waals surface area contributed by atoms with Gasteiger partial charge in [-0.3, -0.25) is 4.79 Å². The Morgan fingerprint density at radius 2 is 1.71 bits per heavy atom. The van der Waals surface area contributed by atoms with E-state index in [0.717, 1.165) is 19.6 Å². The quantitative estimate of drug-likeness (QED) is 0.766. The molecule has 0 aliphatic carbocycles. The fraction of sp³-hybridized carbons (Fsp3) is 0.923. The summed E-state index contributed by atoms with van der Waals surface area (Å²) in [5, 5.41) is 3.35. The number of carbonyl (C=O) groups is 1. The van der Waals surface area contributed by atoms with Gasteiger partial charge in [0.1, 0.15) is 0 Å². The van der Waals surface area contributed by atoms with Crippen LogP contribution in [0, 0.1) is 0 Å². The van der Waals surface area contributed by atoms with E-state index in [2.05, 4.69) is 17.1 Å². The molecule has 0 bridgehead atoms. The van der Waals surface area contributed by atoms with Crippen LogP contribution in [0.3, 0.4) is 0 Å². The average Bonchev–Trinajstić information content (AvgIpc) is 2.97. The lowest BCUT2D eigenvalue weighted by atomic mass is 10.3. The van der Waals surface area contributed by atoms with Crippen LogP contribution in [-0.4, -0.2) is 61.0 Å². The number of rotatable bonds is 5. The first kappa shape index (κ1) is 12.8. The van der Waals surface area contributed by atoms with Crippen LogP contribution in [0.15, 0.2) is 0 Å². The number of nitrogens with zero attached hydrogens (tertiary/aromatic N) is 2. The second kappa shape index (κ2) is 6.36. The summed E-state index contributed by atoms with van der Waals surface area (Å²) in [5.74, 6) is 0.274. The predicted octanol–water partition coefficient (Wildman–Crippen LogP) is 0.683. The topological polar surface area (TPSA) is 35.6 Å². The molecule has 17 heavy (non-hydrogen) atoms. The zero-order chi connectivity index (χ0) is 12.1. The minimum atomic E-state index is 0.274. The van der Waals surface area contributed by atoms with Crippen molar-refractivity contribution < 1.29 is 4.79 Å². The molecule has 98 valence electrons. The molecule has 1 amide bonds. The maximum absolute atomic E-state index is 11.8. The molecule has 0 aromatic heterocycles. The molecule has 1 N–H and O–H groups in total. The molecular formula is C13H25N3O. The van der Waals surface area contributed by atoms with Gasteiger partial charge in [-0.05, 0) is 45.7 Å².